The van der Waals surface area contributed by atoms with Crippen molar-refractivity contribution in [3.05, 3.63) is 29.8 Å². The molecule has 6 heteroatoms. The maximum absolute atomic E-state index is 13.3. The number of nitrogens with zero attached hydrogens (tertiary/aromatic N) is 1. The third-order valence-electron chi connectivity index (χ3n) is 3.86. The van der Waals surface area contributed by atoms with E-state index in [-0.39, 0.29) is 18.3 Å². The van der Waals surface area contributed by atoms with E-state index >= 15 is 0 Å². The number of carbonyl (C=O) groups is 1. The second-order valence-electron chi connectivity index (χ2n) is 5.49. The summed E-state index contributed by atoms with van der Waals surface area (Å²) < 4.78 is 31.1. The molecule has 0 aromatic heterocycles. The van der Waals surface area contributed by atoms with Gasteiger partial charge in [0.1, 0.15) is 11.4 Å². The first-order valence-electron chi connectivity index (χ1n) is 6.56. The summed E-state index contributed by atoms with van der Waals surface area (Å²) in [5.41, 5.74) is -0.739. The maximum atomic E-state index is 13.3. The fourth-order valence-electron chi connectivity index (χ4n) is 2.49. The highest BCUT2D eigenvalue weighted by Gasteiger charge is 2.53. The Morgan fingerprint density at radius 2 is 2.10 bits per heavy atom. The Hall–Kier alpha value is -1.69. The maximum Gasteiger partial charge on any atom is 0.260 e. The van der Waals surface area contributed by atoms with Gasteiger partial charge in [-0.15, -0.1) is 0 Å². The van der Waals surface area contributed by atoms with Crippen molar-refractivity contribution in [3.63, 3.8) is 0 Å². The van der Waals surface area contributed by atoms with Crippen LogP contribution >= 0.6 is 0 Å². The number of benzene rings is 1. The topological polar surface area (TPSA) is 49.8 Å². The average molecular weight is 283 g/mol. The molecule has 1 aromatic carbocycles. The van der Waals surface area contributed by atoms with Crippen LogP contribution in [-0.2, 0) is 4.79 Å². The lowest BCUT2D eigenvalue weighted by atomic mass is 9.89. The predicted octanol–water partition coefficient (Wildman–Crippen LogP) is 1.33. The zero-order valence-electron chi connectivity index (χ0n) is 10.8. The fraction of sp³-hybridized carbons (Fsp3) is 0.500. The lowest BCUT2D eigenvalue weighted by molar-refractivity contribution is -0.161. The summed E-state index contributed by atoms with van der Waals surface area (Å²) in [6.07, 6.45) is 2.02. The lowest BCUT2D eigenvalue weighted by Crippen LogP contribution is -2.65. The van der Waals surface area contributed by atoms with Gasteiger partial charge >= 0.3 is 0 Å². The van der Waals surface area contributed by atoms with Gasteiger partial charge in [0, 0.05) is 6.07 Å². The fourth-order valence-corrected chi connectivity index (χ4v) is 2.49. The van der Waals surface area contributed by atoms with Crippen molar-refractivity contribution < 1.29 is 23.4 Å². The minimum atomic E-state index is -0.837. The molecule has 20 heavy (non-hydrogen) atoms. The SMILES string of the molecule is O=C(COc1ccc(F)cc1F)N1CC(O)(C2CC2)C1. The van der Waals surface area contributed by atoms with E-state index in [0.29, 0.717) is 25.1 Å². The van der Waals surface area contributed by atoms with Gasteiger partial charge in [0.2, 0.25) is 0 Å². The van der Waals surface area contributed by atoms with Gasteiger partial charge < -0.3 is 14.7 Å². The molecule has 1 aliphatic heterocycles. The van der Waals surface area contributed by atoms with E-state index in [1.54, 1.807) is 0 Å². The number of halogens is 2. The van der Waals surface area contributed by atoms with Gasteiger partial charge in [0.05, 0.1) is 13.1 Å². The quantitative estimate of drug-likeness (QED) is 0.907. The monoisotopic (exact) mass is 283 g/mol. The Morgan fingerprint density at radius 1 is 1.40 bits per heavy atom. The molecule has 1 N–H and O–H groups in total. The largest absolute Gasteiger partial charge is 0.481 e. The summed E-state index contributed by atoms with van der Waals surface area (Å²) in [5.74, 6) is -1.69. The Kier molecular flexibility index (Phi) is 3.12. The number of aliphatic hydroxyl groups is 1. The molecule has 1 saturated heterocycles. The number of rotatable bonds is 4. The molecule has 4 nitrogen and oxygen atoms in total. The Morgan fingerprint density at radius 3 is 2.70 bits per heavy atom. The van der Waals surface area contributed by atoms with Crippen LogP contribution in [0.25, 0.3) is 0 Å². The van der Waals surface area contributed by atoms with Crippen molar-refractivity contribution in [1.82, 2.24) is 4.90 Å². The molecule has 1 amide bonds. The van der Waals surface area contributed by atoms with Gasteiger partial charge in [-0.25, -0.2) is 8.78 Å². The van der Waals surface area contributed by atoms with Crippen LogP contribution in [0.15, 0.2) is 18.2 Å². The third kappa shape index (κ3) is 2.47. The van der Waals surface area contributed by atoms with Gasteiger partial charge in [-0.1, -0.05) is 0 Å². The van der Waals surface area contributed by atoms with Crippen LogP contribution < -0.4 is 4.74 Å². The number of ether oxygens (including phenoxy) is 1. The van der Waals surface area contributed by atoms with E-state index < -0.39 is 17.2 Å². The summed E-state index contributed by atoms with van der Waals surface area (Å²) in [6.45, 7) is 0.306. The van der Waals surface area contributed by atoms with E-state index in [4.69, 9.17) is 4.74 Å². The molecule has 1 saturated carbocycles. The molecule has 2 fully saturated rings. The molecular weight excluding hydrogens is 268 g/mol. The molecule has 0 spiro atoms. The number of amides is 1. The van der Waals surface area contributed by atoms with Crippen molar-refractivity contribution >= 4 is 5.91 Å². The van der Waals surface area contributed by atoms with Crippen LogP contribution in [0.1, 0.15) is 12.8 Å². The Balaban J connectivity index is 1.50. The van der Waals surface area contributed by atoms with Gasteiger partial charge in [0.25, 0.3) is 5.91 Å². The third-order valence-corrected chi connectivity index (χ3v) is 3.86. The van der Waals surface area contributed by atoms with Crippen LogP contribution in [0.2, 0.25) is 0 Å². The van der Waals surface area contributed by atoms with Crippen LogP contribution in [0.5, 0.6) is 5.75 Å². The second kappa shape index (κ2) is 4.70. The molecule has 0 atom stereocenters. The first-order valence-corrected chi connectivity index (χ1v) is 6.56. The van der Waals surface area contributed by atoms with Crippen LogP contribution in [0.4, 0.5) is 8.78 Å². The molecule has 0 radical (unpaired) electrons. The summed E-state index contributed by atoms with van der Waals surface area (Å²) in [7, 11) is 0. The number of carbonyl (C=O) groups excluding carboxylic acids is 1. The van der Waals surface area contributed by atoms with Crippen molar-refractivity contribution in [2.45, 2.75) is 18.4 Å². The van der Waals surface area contributed by atoms with Crippen molar-refractivity contribution in [2.75, 3.05) is 19.7 Å². The van der Waals surface area contributed by atoms with E-state index in [1.807, 2.05) is 0 Å². The minimum absolute atomic E-state index is 0.155. The van der Waals surface area contributed by atoms with E-state index in [0.717, 1.165) is 25.0 Å². The molecule has 3 rings (SSSR count). The molecule has 2 aliphatic rings. The van der Waals surface area contributed by atoms with Gasteiger partial charge in [-0.2, -0.15) is 0 Å². The number of hydrogen-bond acceptors (Lipinski definition) is 3. The predicted molar refractivity (Wildman–Crippen MR) is 66.1 cm³/mol. The van der Waals surface area contributed by atoms with Gasteiger partial charge in [0.15, 0.2) is 18.2 Å². The molecule has 1 aliphatic carbocycles. The summed E-state index contributed by atoms with van der Waals surface area (Å²) in [6, 6.07) is 2.92. The van der Waals surface area contributed by atoms with Crippen molar-refractivity contribution in [2.24, 2.45) is 5.92 Å². The van der Waals surface area contributed by atoms with E-state index in [1.165, 1.54) is 4.90 Å². The van der Waals surface area contributed by atoms with E-state index in [2.05, 4.69) is 0 Å². The summed E-state index contributed by atoms with van der Waals surface area (Å²) in [5, 5.41) is 10.1. The second-order valence-corrected chi connectivity index (χ2v) is 5.49. The number of hydrogen-bond donors (Lipinski definition) is 1. The molecule has 1 aromatic rings. The van der Waals surface area contributed by atoms with Crippen LogP contribution in [0.3, 0.4) is 0 Å². The lowest BCUT2D eigenvalue weighted by Gasteiger charge is -2.46. The normalized spacial score (nSPS) is 20.4. The first-order chi connectivity index (χ1) is 9.48. The number of likely N-dealkylation sites (tertiary alicyclic amines) is 1. The first kappa shape index (κ1) is 13.3. The molecule has 0 unspecified atom stereocenters. The summed E-state index contributed by atoms with van der Waals surface area (Å²) in [4.78, 5) is 13.3. The van der Waals surface area contributed by atoms with Crippen LogP contribution in [-0.4, -0.2) is 41.2 Å². The highest BCUT2D eigenvalue weighted by molar-refractivity contribution is 5.79. The van der Waals surface area contributed by atoms with E-state index in [9.17, 15) is 18.7 Å². The molecule has 1 heterocycles. The molecule has 108 valence electrons. The zero-order chi connectivity index (χ0) is 14.3. The smallest absolute Gasteiger partial charge is 0.260 e. The highest BCUT2D eigenvalue weighted by Crippen LogP contribution is 2.44. The Labute approximate surface area is 114 Å². The number of β-amino-alcohol motifs (C(OH)–C–C–N with tert-alkyl or cyclic N) is 1. The molecule has 0 bridgehead atoms. The van der Waals surface area contributed by atoms with Crippen LogP contribution in [0, 0.1) is 17.6 Å². The van der Waals surface area contributed by atoms with Crippen molar-refractivity contribution in [3.8, 4) is 5.75 Å². The standard InChI is InChI=1S/C14H15F2NO3/c15-10-3-4-12(11(16)5-10)20-6-13(18)17-7-14(19,8-17)9-1-2-9/h3-5,9,19H,1-2,6-8H2. The van der Waals surface area contributed by atoms with Crippen molar-refractivity contribution in [1.29, 1.82) is 0 Å². The highest BCUT2D eigenvalue weighted by atomic mass is 19.1. The van der Waals surface area contributed by atoms with Gasteiger partial charge in [-0.05, 0) is 30.9 Å². The van der Waals surface area contributed by atoms with Gasteiger partial charge in [-0.3, -0.25) is 4.79 Å². The Bertz CT molecular complexity index is 539. The zero-order valence-corrected chi connectivity index (χ0v) is 10.8. The average Bonchev–Trinajstić information content (AvgIpc) is 3.18. The summed E-state index contributed by atoms with van der Waals surface area (Å²) >= 11 is 0. The molecular formula is C14H15F2NO3. The minimum Gasteiger partial charge on any atom is -0.481 e.